The zero-order valence-electron chi connectivity index (χ0n) is 9.22. The summed E-state index contributed by atoms with van der Waals surface area (Å²) in [4.78, 5) is 10.5. The molecule has 0 bridgehead atoms. The lowest BCUT2D eigenvalue weighted by Gasteiger charge is -2.03. The third kappa shape index (κ3) is 2.80. The van der Waals surface area contributed by atoms with Gasteiger partial charge in [0.1, 0.15) is 0 Å². The smallest absolute Gasteiger partial charge is 0.268 e. The Labute approximate surface area is 113 Å². The van der Waals surface area contributed by atoms with Crippen molar-refractivity contribution >= 4 is 28.9 Å². The summed E-state index contributed by atoms with van der Waals surface area (Å²) in [5, 5.41) is 15.3. The molecule has 2 aromatic rings. The van der Waals surface area contributed by atoms with Gasteiger partial charge in [-0.15, -0.1) is 11.6 Å². The lowest BCUT2D eigenvalue weighted by atomic mass is 10.2. The van der Waals surface area contributed by atoms with E-state index >= 15 is 0 Å². The molecule has 0 spiro atoms. The maximum atomic E-state index is 10.9. The second-order valence-corrected chi connectivity index (χ2v) is 4.41. The van der Waals surface area contributed by atoms with E-state index < -0.39 is 4.92 Å². The van der Waals surface area contributed by atoms with Gasteiger partial charge in [0.25, 0.3) is 5.69 Å². The fourth-order valence-electron chi connectivity index (χ4n) is 1.58. The van der Waals surface area contributed by atoms with Crippen LogP contribution < -0.4 is 0 Å². The fourth-order valence-corrected chi connectivity index (χ4v) is 1.88. The van der Waals surface area contributed by atoms with E-state index in [1.54, 1.807) is 29.2 Å². The van der Waals surface area contributed by atoms with Crippen LogP contribution in [0.25, 0.3) is 0 Å². The summed E-state index contributed by atoms with van der Waals surface area (Å²) in [5.74, 6) is 0.364. The molecular formula is C11H9Cl2N3O2. The van der Waals surface area contributed by atoms with Gasteiger partial charge in [-0.25, -0.2) is 0 Å². The predicted molar refractivity (Wildman–Crippen MR) is 69.0 cm³/mol. The first kappa shape index (κ1) is 12.9. The third-order valence-corrected chi connectivity index (χ3v) is 2.96. The van der Waals surface area contributed by atoms with Crippen LogP contribution in [0.15, 0.2) is 30.6 Å². The van der Waals surface area contributed by atoms with Crippen molar-refractivity contribution in [3.05, 3.63) is 56.9 Å². The van der Waals surface area contributed by atoms with Crippen LogP contribution in [0.2, 0.25) is 5.02 Å². The largest absolute Gasteiger partial charge is 0.275 e. The third-order valence-electron chi connectivity index (χ3n) is 2.42. The number of rotatable bonds is 4. The summed E-state index contributed by atoms with van der Waals surface area (Å²) < 4.78 is 1.61. The lowest BCUT2D eigenvalue weighted by molar-refractivity contribution is -0.385. The molecule has 0 aliphatic carbocycles. The maximum Gasteiger partial charge on any atom is 0.275 e. The highest BCUT2D eigenvalue weighted by Gasteiger charge is 2.14. The Bertz CT molecular complexity index is 583. The van der Waals surface area contributed by atoms with E-state index in [0.29, 0.717) is 23.0 Å². The summed E-state index contributed by atoms with van der Waals surface area (Å²) in [6, 6.07) is 4.58. The van der Waals surface area contributed by atoms with Crippen LogP contribution in [0, 0.1) is 10.1 Å². The van der Waals surface area contributed by atoms with E-state index in [0.717, 1.165) is 5.56 Å². The molecule has 7 heteroatoms. The van der Waals surface area contributed by atoms with E-state index in [9.17, 15) is 10.1 Å². The van der Waals surface area contributed by atoms with Crippen molar-refractivity contribution in [2.45, 2.75) is 12.4 Å². The second-order valence-electron chi connectivity index (χ2n) is 3.71. The van der Waals surface area contributed by atoms with Crippen LogP contribution in [0.1, 0.15) is 11.1 Å². The van der Waals surface area contributed by atoms with Crippen molar-refractivity contribution < 1.29 is 4.92 Å². The molecule has 0 atom stereocenters. The van der Waals surface area contributed by atoms with Gasteiger partial charge in [-0.2, -0.15) is 5.10 Å². The fraction of sp³-hybridized carbons (Fsp3) is 0.182. The molecule has 18 heavy (non-hydrogen) atoms. The average molecular weight is 286 g/mol. The van der Waals surface area contributed by atoms with Crippen LogP contribution in [0.4, 0.5) is 5.69 Å². The quantitative estimate of drug-likeness (QED) is 0.492. The zero-order valence-corrected chi connectivity index (χ0v) is 10.7. The Hall–Kier alpha value is -1.59. The summed E-state index contributed by atoms with van der Waals surface area (Å²) in [7, 11) is 0. The van der Waals surface area contributed by atoms with Crippen molar-refractivity contribution in [3.63, 3.8) is 0 Å². The summed E-state index contributed by atoms with van der Waals surface area (Å²) in [6.07, 6.45) is 3.39. The van der Waals surface area contributed by atoms with E-state index in [2.05, 4.69) is 5.10 Å². The van der Waals surface area contributed by atoms with Crippen molar-refractivity contribution in [1.82, 2.24) is 9.78 Å². The molecule has 0 unspecified atom stereocenters. The molecule has 1 aromatic carbocycles. The molecule has 0 saturated heterocycles. The number of halogens is 2. The Morgan fingerprint density at radius 3 is 2.83 bits per heavy atom. The van der Waals surface area contributed by atoms with Crippen LogP contribution in [-0.4, -0.2) is 14.7 Å². The van der Waals surface area contributed by atoms with Gasteiger partial charge in [-0.3, -0.25) is 14.8 Å². The molecular weight excluding hydrogens is 277 g/mol. The van der Waals surface area contributed by atoms with E-state index in [1.165, 1.54) is 6.07 Å². The minimum Gasteiger partial charge on any atom is -0.268 e. The van der Waals surface area contributed by atoms with Gasteiger partial charge in [0.15, 0.2) is 0 Å². The first-order chi connectivity index (χ1) is 8.60. The molecule has 0 amide bonds. The van der Waals surface area contributed by atoms with E-state index in [1.807, 2.05) is 0 Å². The van der Waals surface area contributed by atoms with Gasteiger partial charge in [-0.1, -0.05) is 11.6 Å². The maximum absolute atomic E-state index is 10.9. The first-order valence-corrected chi connectivity index (χ1v) is 6.01. The topological polar surface area (TPSA) is 61.0 Å². The highest BCUT2D eigenvalue weighted by atomic mass is 35.5. The SMILES string of the molecule is O=[N+]([O-])c1cc(Cl)ccc1Cn1cc(CCl)cn1. The van der Waals surface area contributed by atoms with Crippen LogP contribution in [-0.2, 0) is 12.4 Å². The van der Waals surface area contributed by atoms with Crippen molar-refractivity contribution in [2.75, 3.05) is 0 Å². The Kier molecular flexibility index (Phi) is 3.84. The number of nitrogens with zero attached hydrogens (tertiary/aromatic N) is 3. The molecule has 5 nitrogen and oxygen atoms in total. The number of hydrogen-bond acceptors (Lipinski definition) is 3. The minimum absolute atomic E-state index is 0.00887. The molecule has 94 valence electrons. The molecule has 0 radical (unpaired) electrons. The molecule has 0 saturated carbocycles. The Morgan fingerprint density at radius 1 is 1.44 bits per heavy atom. The summed E-state index contributed by atoms with van der Waals surface area (Å²) in [5.41, 5.74) is 1.41. The highest BCUT2D eigenvalue weighted by Crippen LogP contribution is 2.23. The molecule has 2 rings (SSSR count). The van der Waals surface area contributed by atoms with Gasteiger partial charge in [0.2, 0.25) is 0 Å². The van der Waals surface area contributed by atoms with Gasteiger partial charge in [0, 0.05) is 22.8 Å². The van der Waals surface area contributed by atoms with Crippen molar-refractivity contribution in [3.8, 4) is 0 Å². The molecule has 0 aliphatic heterocycles. The monoisotopic (exact) mass is 285 g/mol. The van der Waals surface area contributed by atoms with E-state index in [-0.39, 0.29) is 5.69 Å². The number of hydrogen-bond donors (Lipinski definition) is 0. The van der Waals surface area contributed by atoms with Crippen LogP contribution >= 0.6 is 23.2 Å². The number of nitro groups is 1. The number of alkyl halides is 1. The lowest BCUT2D eigenvalue weighted by Crippen LogP contribution is -2.03. The summed E-state index contributed by atoms with van der Waals surface area (Å²) in [6.45, 7) is 0.310. The van der Waals surface area contributed by atoms with Crippen molar-refractivity contribution in [2.24, 2.45) is 0 Å². The second kappa shape index (κ2) is 5.37. The van der Waals surface area contributed by atoms with Crippen LogP contribution in [0.3, 0.4) is 0 Å². The summed E-state index contributed by atoms with van der Waals surface area (Å²) >= 11 is 11.4. The van der Waals surface area contributed by atoms with Crippen LogP contribution in [0.5, 0.6) is 0 Å². The van der Waals surface area contributed by atoms with Gasteiger partial charge >= 0.3 is 0 Å². The van der Waals surface area contributed by atoms with Gasteiger partial charge in [0.05, 0.1) is 29.1 Å². The van der Waals surface area contributed by atoms with Crippen molar-refractivity contribution in [1.29, 1.82) is 0 Å². The minimum atomic E-state index is -0.451. The molecule has 1 aromatic heterocycles. The Morgan fingerprint density at radius 2 is 2.22 bits per heavy atom. The number of nitro benzene ring substituents is 1. The Balaban J connectivity index is 2.30. The normalized spacial score (nSPS) is 10.6. The molecule has 0 fully saturated rings. The van der Waals surface area contributed by atoms with Gasteiger partial charge < -0.3 is 0 Å². The predicted octanol–water partition coefficient (Wildman–Crippen LogP) is 3.23. The first-order valence-electron chi connectivity index (χ1n) is 5.10. The highest BCUT2D eigenvalue weighted by molar-refractivity contribution is 6.30. The standard InChI is InChI=1S/C11H9Cl2N3O2/c12-4-8-5-14-15(6-8)7-9-1-2-10(13)3-11(9)16(17)18/h1-3,5-6H,4,7H2. The number of benzene rings is 1. The molecule has 0 N–H and O–H groups in total. The van der Waals surface area contributed by atoms with E-state index in [4.69, 9.17) is 23.2 Å². The average Bonchev–Trinajstić information content (AvgIpc) is 2.79. The zero-order chi connectivity index (χ0) is 13.1. The molecule has 0 aliphatic rings. The molecule has 1 heterocycles. The number of aromatic nitrogens is 2. The van der Waals surface area contributed by atoms with Gasteiger partial charge in [-0.05, 0) is 12.1 Å².